The number of nitrogens with zero attached hydrogens (tertiary/aromatic N) is 2. The molecule has 2 rings (SSSR count). The maximum atomic E-state index is 13.6. The summed E-state index contributed by atoms with van der Waals surface area (Å²) in [5, 5.41) is 7.17. The van der Waals surface area contributed by atoms with Gasteiger partial charge in [0, 0.05) is 16.7 Å². The summed E-state index contributed by atoms with van der Waals surface area (Å²) in [6.45, 7) is 1.59. The fraction of sp³-hybridized carbons (Fsp3) is 0.154. The number of hydrogen-bond acceptors (Lipinski definition) is 5. The van der Waals surface area contributed by atoms with E-state index in [9.17, 15) is 9.18 Å². The van der Waals surface area contributed by atoms with Gasteiger partial charge >= 0.3 is 0 Å². The van der Waals surface area contributed by atoms with Gasteiger partial charge in [0.1, 0.15) is 11.9 Å². The summed E-state index contributed by atoms with van der Waals surface area (Å²) in [5.41, 5.74) is 10.9. The Morgan fingerprint density at radius 1 is 1.36 bits per heavy atom. The zero-order valence-electron chi connectivity index (χ0n) is 11.3. The Balaban J connectivity index is 2.37. The number of carbonyl (C=O) groups excluding carboxylic acids is 1. The van der Waals surface area contributed by atoms with Crippen LogP contribution in [0.2, 0.25) is 10.0 Å². The molecule has 1 amide bonds. The molecule has 6 nitrogen and oxygen atoms in total. The number of nitrogen functional groups attached to an aromatic ring is 1. The minimum absolute atomic E-state index is 0.0551. The van der Waals surface area contributed by atoms with E-state index < -0.39 is 17.8 Å². The van der Waals surface area contributed by atoms with Crippen LogP contribution >= 0.6 is 23.2 Å². The van der Waals surface area contributed by atoms with E-state index in [0.717, 1.165) is 6.07 Å². The van der Waals surface area contributed by atoms with Gasteiger partial charge in [-0.25, -0.2) is 4.39 Å². The molecule has 0 aliphatic heterocycles. The van der Waals surface area contributed by atoms with Crippen molar-refractivity contribution in [3.05, 3.63) is 45.3 Å². The number of anilines is 1. The van der Waals surface area contributed by atoms with Gasteiger partial charge in [-0.2, -0.15) is 0 Å². The molecule has 22 heavy (non-hydrogen) atoms. The van der Waals surface area contributed by atoms with Gasteiger partial charge in [0.05, 0.1) is 5.02 Å². The highest BCUT2D eigenvalue weighted by molar-refractivity contribution is 6.36. The lowest BCUT2D eigenvalue weighted by molar-refractivity contribution is 0.0993. The summed E-state index contributed by atoms with van der Waals surface area (Å²) < 4.78 is 19.1. The van der Waals surface area contributed by atoms with Crippen LogP contribution < -0.4 is 16.2 Å². The first-order valence-electron chi connectivity index (χ1n) is 6.04. The molecule has 0 spiro atoms. The average molecular weight is 345 g/mol. The molecule has 0 saturated heterocycles. The summed E-state index contributed by atoms with van der Waals surface area (Å²) in [7, 11) is 0. The first-order valence-corrected chi connectivity index (χ1v) is 6.80. The monoisotopic (exact) mass is 344 g/mol. The maximum Gasteiger partial charge on any atom is 0.269 e. The molecule has 0 aliphatic carbocycles. The number of aromatic nitrogens is 2. The standard InChI is InChI=1S/C13H11Cl2FN4O2/c1-5(10-6(14)2-3-7(16)11(10)15)22-9-4-8(13(18)21)19-20-12(9)17/h2-5H,1H3,(H2,17,20)(H2,18,21). The third-order valence-electron chi connectivity index (χ3n) is 2.83. The van der Waals surface area contributed by atoms with Gasteiger partial charge in [-0.05, 0) is 19.1 Å². The molecular formula is C13H11Cl2FN4O2. The molecule has 1 aromatic carbocycles. The van der Waals surface area contributed by atoms with Gasteiger partial charge in [-0.15, -0.1) is 10.2 Å². The molecule has 1 unspecified atom stereocenters. The summed E-state index contributed by atoms with van der Waals surface area (Å²) in [5.74, 6) is -1.41. The predicted octanol–water partition coefficient (Wildman–Crippen LogP) is 2.74. The minimum Gasteiger partial charge on any atom is -0.482 e. The van der Waals surface area contributed by atoms with Crippen LogP contribution in [0.5, 0.6) is 5.75 Å². The second-order valence-corrected chi connectivity index (χ2v) is 5.15. The molecule has 1 aromatic heterocycles. The number of amides is 1. The Morgan fingerprint density at radius 3 is 2.68 bits per heavy atom. The van der Waals surface area contributed by atoms with Crippen molar-refractivity contribution in [2.75, 3.05) is 5.73 Å². The smallest absolute Gasteiger partial charge is 0.269 e. The Kier molecular flexibility index (Phi) is 4.68. The summed E-state index contributed by atoms with van der Waals surface area (Å²) in [6, 6.07) is 3.75. The van der Waals surface area contributed by atoms with Crippen molar-refractivity contribution in [2.45, 2.75) is 13.0 Å². The lowest BCUT2D eigenvalue weighted by Crippen LogP contribution is -2.16. The fourth-order valence-electron chi connectivity index (χ4n) is 1.76. The average Bonchev–Trinajstić information content (AvgIpc) is 2.45. The summed E-state index contributed by atoms with van der Waals surface area (Å²) in [4.78, 5) is 11.1. The first kappa shape index (κ1) is 16.3. The van der Waals surface area contributed by atoms with Gasteiger partial charge in [-0.1, -0.05) is 23.2 Å². The number of rotatable bonds is 4. The van der Waals surface area contributed by atoms with Gasteiger partial charge in [0.25, 0.3) is 5.91 Å². The molecule has 2 aromatic rings. The van der Waals surface area contributed by atoms with E-state index in [1.54, 1.807) is 6.92 Å². The molecule has 0 fully saturated rings. The second kappa shape index (κ2) is 6.33. The largest absolute Gasteiger partial charge is 0.482 e. The van der Waals surface area contributed by atoms with Crippen molar-refractivity contribution < 1.29 is 13.9 Å². The van der Waals surface area contributed by atoms with Crippen LogP contribution in [0.3, 0.4) is 0 Å². The van der Waals surface area contributed by atoms with Crippen molar-refractivity contribution >= 4 is 34.9 Å². The van der Waals surface area contributed by atoms with Crippen LogP contribution in [-0.4, -0.2) is 16.1 Å². The third kappa shape index (κ3) is 3.20. The highest BCUT2D eigenvalue weighted by Crippen LogP contribution is 2.35. The van der Waals surface area contributed by atoms with Crippen molar-refractivity contribution in [2.24, 2.45) is 5.73 Å². The van der Waals surface area contributed by atoms with Crippen molar-refractivity contribution in [1.29, 1.82) is 0 Å². The van der Waals surface area contributed by atoms with E-state index in [-0.39, 0.29) is 32.9 Å². The second-order valence-electron chi connectivity index (χ2n) is 4.36. The Morgan fingerprint density at radius 2 is 2.05 bits per heavy atom. The van der Waals surface area contributed by atoms with Crippen LogP contribution in [0.25, 0.3) is 0 Å². The van der Waals surface area contributed by atoms with E-state index in [1.807, 2.05) is 0 Å². The van der Waals surface area contributed by atoms with Gasteiger partial charge in [0.15, 0.2) is 17.3 Å². The van der Waals surface area contributed by atoms with Crippen molar-refractivity contribution in [1.82, 2.24) is 10.2 Å². The van der Waals surface area contributed by atoms with E-state index in [0.29, 0.717) is 0 Å². The third-order valence-corrected chi connectivity index (χ3v) is 3.54. The molecule has 4 N–H and O–H groups in total. The number of ether oxygens (including phenoxy) is 1. The van der Waals surface area contributed by atoms with Crippen LogP contribution in [0, 0.1) is 5.82 Å². The van der Waals surface area contributed by atoms with Crippen molar-refractivity contribution in [3.8, 4) is 5.75 Å². The number of nitrogens with two attached hydrogens (primary N) is 2. The topological polar surface area (TPSA) is 104 Å². The van der Waals surface area contributed by atoms with Crippen LogP contribution in [0.15, 0.2) is 18.2 Å². The Labute approximate surface area is 135 Å². The lowest BCUT2D eigenvalue weighted by Gasteiger charge is -2.18. The normalized spacial score (nSPS) is 12.0. The minimum atomic E-state index is -0.785. The molecule has 1 atom stereocenters. The lowest BCUT2D eigenvalue weighted by atomic mass is 10.1. The zero-order chi connectivity index (χ0) is 16.4. The molecular weight excluding hydrogens is 334 g/mol. The van der Waals surface area contributed by atoms with E-state index in [1.165, 1.54) is 12.1 Å². The number of hydrogen-bond donors (Lipinski definition) is 2. The highest BCUT2D eigenvalue weighted by atomic mass is 35.5. The van der Waals surface area contributed by atoms with Gasteiger partial charge in [0.2, 0.25) is 0 Å². The van der Waals surface area contributed by atoms with Gasteiger partial charge < -0.3 is 16.2 Å². The van der Waals surface area contributed by atoms with E-state index in [2.05, 4.69) is 10.2 Å². The summed E-state index contributed by atoms with van der Waals surface area (Å²) >= 11 is 11.9. The van der Waals surface area contributed by atoms with Crippen LogP contribution in [-0.2, 0) is 0 Å². The quantitative estimate of drug-likeness (QED) is 0.829. The highest BCUT2D eigenvalue weighted by Gasteiger charge is 2.20. The Bertz CT molecular complexity index is 742. The molecule has 0 saturated carbocycles. The first-order chi connectivity index (χ1) is 10.3. The zero-order valence-corrected chi connectivity index (χ0v) is 12.8. The fourth-order valence-corrected chi connectivity index (χ4v) is 2.44. The van der Waals surface area contributed by atoms with E-state index >= 15 is 0 Å². The van der Waals surface area contributed by atoms with Crippen LogP contribution in [0.4, 0.5) is 10.2 Å². The van der Waals surface area contributed by atoms with Gasteiger partial charge in [-0.3, -0.25) is 4.79 Å². The van der Waals surface area contributed by atoms with E-state index in [4.69, 9.17) is 39.4 Å². The number of halogens is 3. The van der Waals surface area contributed by atoms with Crippen molar-refractivity contribution in [3.63, 3.8) is 0 Å². The van der Waals surface area contributed by atoms with Crippen LogP contribution in [0.1, 0.15) is 29.1 Å². The maximum absolute atomic E-state index is 13.6. The Hall–Kier alpha value is -2.12. The molecule has 0 bridgehead atoms. The number of primary amides is 1. The SMILES string of the molecule is CC(Oc1cc(C(N)=O)nnc1N)c1c(Cl)ccc(F)c1Cl. The summed E-state index contributed by atoms with van der Waals surface area (Å²) in [6.07, 6.45) is -0.747. The number of benzene rings is 1. The molecule has 9 heteroatoms. The number of carbonyl (C=O) groups is 1. The molecule has 0 aliphatic rings. The molecule has 0 radical (unpaired) electrons. The predicted molar refractivity (Wildman–Crippen MR) is 80.4 cm³/mol. The molecule has 116 valence electrons. The molecule has 1 heterocycles.